The average molecular weight is 513 g/mol. The number of benzene rings is 1. The van der Waals surface area contributed by atoms with Gasteiger partial charge >= 0.3 is 12.1 Å². The van der Waals surface area contributed by atoms with E-state index < -0.39 is 32.2 Å². The molecule has 15 heteroatoms. The molecule has 0 saturated carbocycles. The number of carboxylic acids is 1. The molecule has 1 aliphatic heterocycles. The van der Waals surface area contributed by atoms with Crippen LogP contribution in [0, 0.1) is 6.92 Å². The van der Waals surface area contributed by atoms with Gasteiger partial charge in [-0.2, -0.15) is 17.5 Å². The van der Waals surface area contributed by atoms with E-state index in [0.717, 1.165) is 17.5 Å². The number of carboxylic acid groups (broad SMARTS) is 1. The van der Waals surface area contributed by atoms with Crippen LogP contribution < -0.4 is 4.72 Å². The molecule has 2 N–H and O–H groups in total. The number of hydrogen-bond acceptors (Lipinski definition) is 6. The van der Waals surface area contributed by atoms with Crippen molar-refractivity contribution in [2.75, 3.05) is 12.8 Å². The van der Waals surface area contributed by atoms with Crippen molar-refractivity contribution in [3.63, 3.8) is 0 Å². The average Bonchev–Trinajstić information content (AvgIpc) is 2.93. The van der Waals surface area contributed by atoms with Crippen molar-refractivity contribution in [1.82, 2.24) is 18.6 Å². The highest BCUT2D eigenvalue weighted by Gasteiger charge is 2.38. The number of fused-ring (bicyclic) bond motifs is 1. The first-order valence-corrected chi connectivity index (χ1v) is 12.8. The van der Waals surface area contributed by atoms with Gasteiger partial charge in [-0.15, -0.1) is 0 Å². The van der Waals surface area contributed by atoms with Crippen LogP contribution in [0.4, 0.5) is 13.2 Å². The normalized spacial score (nSPS) is 15.2. The zero-order valence-electron chi connectivity index (χ0n) is 17.7. The molecule has 33 heavy (non-hydrogen) atoms. The molecule has 0 aliphatic carbocycles. The molecule has 0 fully saturated rings. The Morgan fingerprint density at radius 2 is 1.85 bits per heavy atom. The Labute approximate surface area is 189 Å². The minimum atomic E-state index is -5.08. The van der Waals surface area contributed by atoms with Gasteiger partial charge in [0.05, 0.1) is 42.0 Å². The third-order valence-corrected chi connectivity index (χ3v) is 7.05. The minimum absolute atomic E-state index is 0.0412. The number of aliphatic carboxylic acids is 1. The summed E-state index contributed by atoms with van der Waals surface area (Å²) in [5, 5.41) is 7.12. The summed E-state index contributed by atoms with van der Waals surface area (Å²) in [6.45, 7) is 3.10. The lowest BCUT2D eigenvalue weighted by Gasteiger charge is -2.20. The lowest BCUT2D eigenvalue weighted by molar-refractivity contribution is -0.192. The molecule has 0 radical (unpaired) electrons. The zero-order chi connectivity index (χ0) is 25.0. The first-order valence-electron chi connectivity index (χ1n) is 9.45. The highest BCUT2D eigenvalue weighted by molar-refractivity contribution is 7.89. The third-order valence-electron chi connectivity index (χ3n) is 4.54. The van der Waals surface area contributed by atoms with Gasteiger partial charge in [0.1, 0.15) is 0 Å². The summed E-state index contributed by atoms with van der Waals surface area (Å²) < 4.78 is 86.3. The highest BCUT2D eigenvalue weighted by atomic mass is 32.2. The van der Waals surface area contributed by atoms with Gasteiger partial charge in [0.25, 0.3) is 0 Å². The summed E-state index contributed by atoms with van der Waals surface area (Å²) in [5.74, 6) is -2.76. The number of carbonyl (C=O) groups is 1. The van der Waals surface area contributed by atoms with Crippen LogP contribution in [0.1, 0.15) is 23.4 Å². The fraction of sp³-hybridized carbons (Fsp3) is 0.444. The van der Waals surface area contributed by atoms with Crippen molar-refractivity contribution in [3.8, 4) is 0 Å². The molecular weight excluding hydrogens is 489 g/mol. The molecule has 0 amide bonds. The fourth-order valence-electron chi connectivity index (χ4n) is 2.96. The number of imidazole rings is 1. The van der Waals surface area contributed by atoms with Crippen molar-refractivity contribution < 1.29 is 39.9 Å². The topological polar surface area (TPSA) is 139 Å². The van der Waals surface area contributed by atoms with Gasteiger partial charge in [0.15, 0.2) is 0 Å². The predicted molar refractivity (Wildman–Crippen MR) is 111 cm³/mol. The first-order chi connectivity index (χ1) is 15.1. The summed E-state index contributed by atoms with van der Waals surface area (Å²) in [5.41, 5.74) is 2.14. The second-order valence-corrected chi connectivity index (χ2v) is 11.0. The van der Waals surface area contributed by atoms with Crippen LogP contribution in [0.25, 0.3) is 0 Å². The second-order valence-electron chi connectivity index (χ2n) is 7.24. The first kappa shape index (κ1) is 26.8. The zero-order valence-corrected chi connectivity index (χ0v) is 19.3. The van der Waals surface area contributed by atoms with Crippen molar-refractivity contribution in [1.29, 1.82) is 0 Å². The Morgan fingerprint density at radius 1 is 1.21 bits per heavy atom. The predicted octanol–water partition coefficient (Wildman–Crippen LogP) is 1.47. The smallest absolute Gasteiger partial charge is 0.475 e. The Kier molecular flexibility index (Phi) is 8.27. The van der Waals surface area contributed by atoms with Gasteiger partial charge in [0.2, 0.25) is 20.0 Å². The lowest BCUT2D eigenvalue weighted by Crippen LogP contribution is -2.31. The number of halogens is 3. The molecule has 184 valence electrons. The molecule has 2 heterocycles. The van der Waals surface area contributed by atoms with Gasteiger partial charge < -0.3 is 9.67 Å². The molecule has 2 aromatic rings. The largest absolute Gasteiger partial charge is 0.490 e. The van der Waals surface area contributed by atoms with E-state index in [2.05, 4.69) is 9.71 Å². The van der Waals surface area contributed by atoms with E-state index in [-0.39, 0.29) is 18.0 Å². The van der Waals surface area contributed by atoms with E-state index in [0.29, 0.717) is 25.2 Å². The summed E-state index contributed by atoms with van der Waals surface area (Å²) in [6, 6.07) is 6.83. The number of nitrogens with zero attached hydrogens (tertiary/aromatic N) is 3. The van der Waals surface area contributed by atoms with Gasteiger partial charge in [-0.3, -0.25) is 0 Å². The monoisotopic (exact) mass is 512 g/mol. The maximum atomic E-state index is 13.0. The molecule has 0 unspecified atom stereocenters. The van der Waals surface area contributed by atoms with Crippen molar-refractivity contribution >= 4 is 26.0 Å². The molecule has 10 nitrogen and oxygen atoms in total. The van der Waals surface area contributed by atoms with E-state index in [1.165, 1.54) is 4.31 Å². The molecule has 1 aromatic heterocycles. The van der Waals surface area contributed by atoms with Crippen molar-refractivity contribution in [3.05, 3.63) is 47.5 Å². The van der Waals surface area contributed by atoms with Crippen molar-refractivity contribution in [2.24, 2.45) is 0 Å². The Bertz CT molecular complexity index is 1210. The van der Waals surface area contributed by atoms with E-state index in [4.69, 9.17) is 9.90 Å². The Hall–Kier alpha value is -2.49. The Balaban J connectivity index is 0.000000479. The van der Waals surface area contributed by atoms with Crippen LogP contribution in [0.5, 0.6) is 0 Å². The Morgan fingerprint density at radius 3 is 2.39 bits per heavy atom. The number of hydrogen-bond donors (Lipinski definition) is 2. The van der Waals surface area contributed by atoms with Gasteiger partial charge in [0, 0.05) is 13.1 Å². The SMILES string of the molecule is Cc1cccc(S(=O)(=O)N2CCCn3cnc(CNS(C)(=O)=O)c3C2)c1.O=C(O)C(F)(F)F. The van der Waals surface area contributed by atoms with Crippen LogP contribution in [0.2, 0.25) is 0 Å². The van der Waals surface area contributed by atoms with Gasteiger partial charge in [-0.05, 0) is 31.0 Å². The van der Waals surface area contributed by atoms with Crippen LogP contribution in [-0.4, -0.2) is 60.7 Å². The minimum Gasteiger partial charge on any atom is -0.475 e. The molecule has 0 saturated heterocycles. The van der Waals surface area contributed by atoms with E-state index in [1.807, 2.05) is 17.6 Å². The van der Waals surface area contributed by atoms with Crippen LogP contribution >= 0.6 is 0 Å². The molecule has 0 bridgehead atoms. The van der Waals surface area contributed by atoms with E-state index in [9.17, 15) is 30.0 Å². The van der Waals surface area contributed by atoms with Crippen LogP contribution in [0.3, 0.4) is 0 Å². The quantitative estimate of drug-likeness (QED) is 0.619. The maximum absolute atomic E-state index is 13.0. The number of aryl methyl sites for hydroxylation is 2. The number of nitrogens with one attached hydrogen (secondary N) is 1. The second kappa shape index (κ2) is 10.2. The van der Waals surface area contributed by atoms with Gasteiger partial charge in [-0.25, -0.2) is 31.3 Å². The van der Waals surface area contributed by atoms with Crippen molar-refractivity contribution in [2.45, 2.75) is 44.1 Å². The molecule has 1 aliphatic rings. The summed E-state index contributed by atoms with van der Waals surface area (Å²) in [7, 11) is -6.99. The van der Waals surface area contributed by atoms with Crippen LogP contribution in [-0.2, 0) is 44.5 Å². The van der Waals surface area contributed by atoms with Crippen LogP contribution in [0.15, 0.2) is 35.5 Å². The highest BCUT2D eigenvalue weighted by Crippen LogP contribution is 2.23. The summed E-state index contributed by atoms with van der Waals surface area (Å²) >= 11 is 0. The van der Waals surface area contributed by atoms with E-state index >= 15 is 0 Å². The molecular formula is C18H23F3N4O6S2. The lowest BCUT2D eigenvalue weighted by atomic mass is 10.2. The molecule has 1 aromatic carbocycles. The fourth-order valence-corrected chi connectivity index (χ4v) is 4.91. The maximum Gasteiger partial charge on any atom is 0.490 e. The number of aromatic nitrogens is 2. The standard InChI is InChI=1S/C16H22N4O4S2.C2HF3O2/c1-13-5-3-6-14(9-13)26(23,24)20-8-4-7-19-12-17-15(16(19)11-20)10-18-25(2,21)22;3-2(4,5)1(6)7/h3,5-6,9,12,18H,4,7-8,10-11H2,1-2H3;(H,6,7). The summed E-state index contributed by atoms with van der Waals surface area (Å²) in [4.78, 5) is 13.4. The number of sulfonamides is 2. The molecule has 0 spiro atoms. The molecule has 0 atom stereocenters. The number of alkyl halides is 3. The third kappa shape index (κ3) is 7.52. The molecule has 3 rings (SSSR count). The van der Waals surface area contributed by atoms with Gasteiger partial charge in [-0.1, -0.05) is 12.1 Å². The summed E-state index contributed by atoms with van der Waals surface area (Å²) in [6.07, 6.45) is -1.71. The van der Waals surface area contributed by atoms with E-state index in [1.54, 1.807) is 24.5 Å². The number of rotatable bonds is 5.